The Bertz CT molecular complexity index is 2410. The smallest absolute Gasteiger partial charge is 0.294 e. The minimum absolute atomic E-state index is 0.0666. The number of anilines is 1. The maximum Gasteiger partial charge on any atom is 0.294 e. The third kappa shape index (κ3) is 11.3. The van der Waals surface area contributed by atoms with Gasteiger partial charge in [0.25, 0.3) is 30.4 Å². The van der Waals surface area contributed by atoms with Gasteiger partial charge >= 0.3 is 0 Å². The van der Waals surface area contributed by atoms with E-state index < -0.39 is 30.4 Å². The zero-order chi connectivity index (χ0) is 40.8. The normalized spacial score (nSPS) is 16.2. The van der Waals surface area contributed by atoms with E-state index in [0.29, 0.717) is 6.04 Å². The molecule has 2 aromatic heterocycles. The van der Waals surface area contributed by atoms with E-state index in [-0.39, 0.29) is 14.7 Å². The summed E-state index contributed by atoms with van der Waals surface area (Å²) in [5.74, 6) is 1.90. The molecule has 0 saturated carbocycles. The van der Waals surface area contributed by atoms with Crippen molar-refractivity contribution < 1.29 is 38.9 Å². The summed E-state index contributed by atoms with van der Waals surface area (Å²) in [7, 11) is -12.1. The van der Waals surface area contributed by atoms with Gasteiger partial charge in [0.2, 0.25) is 0 Å². The van der Waals surface area contributed by atoms with Crippen LogP contribution in [-0.2, 0) is 30.4 Å². The molecule has 2 unspecified atom stereocenters. The predicted molar refractivity (Wildman–Crippen MR) is 215 cm³/mol. The Hall–Kier alpha value is -5.01. The van der Waals surface area contributed by atoms with Crippen LogP contribution in [-0.4, -0.2) is 79.8 Å². The van der Waals surface area contributed by atoms with E-state index in [0.717, 1.165) is 64.8 Å². The van der Waals surface area contributed by atoms with E-state index >= 15 is 0 Å². The molecule has 0 radical (unpaired) electrons. The predicted octanol–water partition coefficient (Wildman–Crippen LogP) is 6.07. The lowest BCUT2D eigenvalue weighted by Gasteiger charge is -2.29. The molecule has 4 aromatic carbocycles. The van der Waals surface area contributed by atoms with E-state index in [1.807, 2.05) is 33.9 Å². The van der Waals surface area contributed by atoms with Crippen molar-refractivity contribution in [2.45, 2.75) is 48.4 Å². The van der Waals surface area contributed by atoms with E-state index in [1.165, 1.54) is 47.3 Å². The highest BCUT2D eigenvalue weighted by Gasteiger charge is 2.39. The molecule has 14 nitrogen and oxygen atoms in total. The first-order chi connectivity index (χ1) is 26.3. The highest BCUT2D eigenvalue weighted by molar-refractivity contribution is 7.86. The van der Waals surface area contributed by atoms with Crippen LogP contribution in [0.2, 0.25) is 0 Å². The SMILES string of the molecule is Cc1ccc(S(=O)(=O)O)cc1.Cc1ccc(S(=O)(=O)O)cc1.Cc1ccc(S(=O)(=O)O)cc1.Cc1n[nH]c2ccc(-c3ccc(N4CC5CNC5C4)nc3)cc12. The Morgan fingerprint density at radius 1 is 0.607 bits per heavy atom. The van der Waals surface area contributed by atoms with Gasteiger partial charge in [-0.3, -0.25) is 18.8 Å². The summed E-state index contributed by atoms with van der Waals surface area (Å²) in [6.07, 6.45) is 1.99. The molecule has 2 atom stereocenters. The number of benzene rings is 4. The van der Waals surface area contributed by atoms with Gasteiger partial charge in [-0.25, -0.2) is 4.98 Å². The average Bonchev–Trinajstić information content (AvgIpc) is 3.65. The van der Waals surface area contributed by atoms with Gasteiger partial charge in [0.1, 0.15) is 5.82 Å². The minimum atomic E-state index is -4.02. The van der Waals surface area contributed by atoms with Gasteiger partial charge in [-0.1, -0.05) is 59.2 Å². The maximum absolute atomic E-state index is 10.5. The van der Waals surface area contributed by atoms with Crippen LogP contribution in [0.25, 0.3) is 22.0 Å². The van der Waals surface area contributed by atoms with Crippen molar-refractivity contribution in [3.63, 3.8) is 0 Å². The molecule has 17 heteroatoms. The molecule has 2 aliphatic rings. The first-order valence-corrected chi connectivity index (χ1v) is 21.6. The lowest BCUT2D eigenvalue weighted by molar-refractivity contribution is 0.297. The molecule has 56 heavy (non-hydrogen) atoms. The lowest BCUT2D eigenvalue weighted by atomic mass is 9.96. The quantitative estimate of drug-likeness (QED) is 0.125. The van der Waals surface area contributed by atoms with Crippen molar-refractivity contribution in [1.29, 1.82) is 0 Å². The first-order valence-electron chi connectivity index (χ1n) is 17.3. The molecule has 0 bridgehead atoms. The Labute approximate surface area is 326 Å². The number of pyridine rings is 1. The fraction of sp³-hybridized carbons (Fsp3) is 0.231. The monoisotopic (exact) mass is 821 g/mol. The molecule has 0 spiro atoms. The highest BCUT2D eigenvalue weighted by atomic mass is 32.2. The highest BCUT2D eigenvalue weighted by Crippen LogP contribution is 2.29. The van der Waals surface area contributed by atoms with Crippen LogP contribution in [0.15, 0.2) is 124 Å². The molecule has 0 aliphatic carbocycles. The van der Waals surface area contributed by atoms with Crippen LogP contribution in [0.1, 0.15) is 22.4 Å². The standard InChI is InChI=1S/C18H19N5.3C7H8O3S/c1-11-15-6-12(2-4-16(15)22-21-11)13-3-5-18(20-7-13)23-9-14-8-19-17(14)10-23;3*1-6-2-4-7(5-3-6)11(8,9)10/h2-7,14,17,19H,8-10H2,1H3,(H,21,22);3*2-5H,1H3,(H,8,9,10). The van der Waals surface area contributed by atoms with Crippen molar-refractivity contribution in [2.75, 3.05) is 24.5 Å². The number of nitrogens with one attached hydrogen (secondary N) is 2. The van der Waals surface area contributed by atoms with Crippen molar-refractivity contribution in [3.05, 3.63) is 132 Å². The fourth-order valence-electron chi connectivity index (χ4n) is 5.84. The molecule has 6 aromatic rings. The largest absolute Gasteiger partial charge is 0.355 e. The molecule has 2 aliphatic heterocycles. The number of hydrogen-bond donors (Lipinski definition) is 5. The summed E-state index contributed by atoms with van der Waals surface area (Å²) >= 11 is 0. The number of hydrogen-bond acceptors (Lipinski definition) is 10. The third-order valence-corrected chi connectivity index (χ3v) is 11.8. The van der Waals surface area contributed by atoms with E-state index in [4.69, 9.17) is 18.6 Å². The van der Waals surface area contributed by atoms with Gasteiger partial charge in [-0.2, -0.15) is 30.4 Å². The second kappa shape index (κ2) is 17.4. The van der Waals surface area contributed by atoms with Gasteiger partial charge in [-0.15, -0.1) is 0 Å². The van der Waals surface area contributed by atoms with Crippen LogP contribution < -0.4 is 10.2 Å². The number of rotatable bonds is 5. The summed E-state index contributed by atoms with van der Waals surface area (Å²) in [5, 5.41) is 12.0. The molecule has 2 fully saturated rings. The van der Waals surface area contributed by atoms with Crippen molar-refractivity contribution in [2.24, 2.45) is 5.92 Å². The number of H-pyrrole nitrogens is 1. The number of nitrogens with zero attached hydrogens (tertiary/aromatic N) is 3. The Morgan fingerprint density at radius 3 is 1.43 bits per heavy atom. The van der Waals surface area contributed by atoms with Crippen molar-refractivity contribution in [1.82, 2.24) is 20.5 Å². The zero-order valence-corrected chi connectivity index (χ0v) is 33.5. The lowest BCUT2D eigenvalue weighted by Crippen LogP contribution is -2.51. The summed E-state index contributed by atoms with van der Waals surface area (Å²) in [4.78, 5) is 6.89. The van der Waals surface area contributed by atoms with Crippen molar-refractivity contribution >= 4 is 47.1 Å². The van der Waals surface area contributed by atoms with Crippen LogP contribution in [0.3, 0.4) is 0 Å². The Morgan fingerprint density at radius 2 is 1.07 bits per heavy atom. The first kappa shape index (κ1) is 42.1. The summed E-state index contributed by atoms with van der Waals surface area (Å²) < 4.78 is 88.7. The van der Waals surface area contributed by atoms with E-state index in [1.54, 1.807) is 36.4 Å². The topological polar surface area (TPSA) is 220 Å². The molecule has 0 amide bonds. The van der Waals surface area contributed by atoms with Crippen molar-refractivity contribution in [3.8, 4) is 11.1 Å². The van der Waals surface area contributed by atoms with Gasteiger partial charge in [0, 0.05) is 48.7 Å². The van der Waals surface area contributed by atoms with Crippen LogP contribution in [0.4, 0.5) is 5.82 Å². The molecule has 4 heterocycles. The van der Waals surface area contributed by atoms with Gasteiger partial charge in [0.05, 0.1) is 25.9 Å². The molecular weight excluding hydrogens is 779 g/mol. The summed E-state index contributed by atoms with van der Waals surface area (Å²) in [5.41, 5.74) is 7.32. The zero-order valence-electron chi connectivity index (χ0n) is 31.0. The second-order valence-corrected chi connectivity index (χ2v) is 17.8. The molecule has 296 valence electrons. The number of aryl methyl sites for hydroxylation is 4. The maximum atomic E-state index is 10.5. The molecule has 8 rings (SSSR count). The van der Waals surface area contributed by atoms with E-state index in [9.17, 15) is 25.3 Å². The van der Waals surface area contributed by atoms with Crippen LogP contribution in [0.5, 0.6) is 0 Å². The summed E-state index contributed by atoms with van der Waals surface area (Å²) in [6, 6.07) is 29.3. The van der Waals surface area contributed by atoms with E-state index in [2.05, 4.69) is 50.7 Å². The average molecular weight is 822 g/mol. The summed E-state index contributed by atoms with van der Waals surface area (Å²) in [6.45, 7) is 10.9. The number of aromatic nitrogens is 3. The van der Waals surface area contributed by atoms with Gasteiger partial charge in [0.15, 0.2) is 0 Å². The second-order valence-electron chi connectivity index (χ2n) is 13.5. The third-order valence-electron chi connectivity index (χ3n) is 9.20. The minimum Gasteiger partial charge on any atom is -0.355 e. The van der Waals surface area contributed by atoms with Gasteiger partial charge < -0.3 is 10.2 Å². The number of fused-ring (bicyclic) bond motifs is 2. The van der Waals surface area contributed by atoms with Crippen LogP contribution >= 0.6 is 0 Å². The molecular formula is C39H43N5O9S3. The molecule has 5 N–H and O–H groups in total. The fourth-order valence-corrected chi connectivity index (χ4v) is 7.28. The number of aromatic amines is 1. The molecule has 2 saturated heterocycles. The van der Waals surface area contributed by atoms with Crippen LogP contribution in [0, 0.1) is 33.6 Å². The Kier molecular flexibility index (Phi) is 13.1. The Balaban J connectivity index is 0.000000155. The van der Waals surface area contributed by atoms with Gasteiger partial charge in [-0.05, 0) is 93.9 Å².